The summed E-state index contributed by atoms with van der Waals surface area (Å²) in [5, 5.41) is 10.1. The molecule has 0 amide bonds. The van der Waals surface area contributed by atoms with Crippen molar-refractivity contribution < 1.29 is 0 Å². The van der Waals surface area contributed by atoms with E-state index in [9.17, 15) is 0 Å². The molecule has 0 saturated carbocycles. The topological polar surface area (TPSA) is 50.7 Å². The Balaban J connectivity index is 2.94. The average Bonchev–Trinajstić information content (AvgIpc) is 1.88. The van der Waals surface area contributed by atoms with Crippen LogP contribution in [-0.2, 0) is 0 Å². The average molecular weight is 124 g/mol. The molecule has 0 atom stereocenters. The molecule has 0 spiro atoms. The van der Waals surface area contributed by atoms with E-state index >= 15 is 0 Å². The van der Waals surface area contributed by atoms with Crippen molar-refractivity contribution in [2.45, 2.75) is 6.92 Å². The molecule has 1 heterocycles. The zero-order valence-electron chi connectivity index (χ0n) is 5.42. The van der Waals surface area contributed by atoms with E-state index in [2.05, 4.69) is 20.5 Å². The van der Waals surface area contributed by atoms with Crippen molar-refractivity contribution in [3.63, 3.8) is 0 Å². The molecular formula is C5H8N4. The van der Waals surface area contributed by atoms with E-state index in [-0.39, 0.29) is 0 Å². The quantitative estimate of drug-likeness (QED) is 0.582. The molecule has 1 aromatic rings. The highest BCUT2D eigenvalue weighted by Crippen LogP contribution is 1.92. The van der Waals surface area contributed by atoms with Crippen LogP contribution >= 0.6 is 0 Å². The molecule has 0 aliphatic heterocycles. The molecule has 4 heteroatoms. The highest BCUT2D eigenvalue weighted by atomic mass is 15.2. The van der Waals surface area contributed by atoms with Crippen LogP contribution in [0.15, 0.2) is 6.20 Å². The number of rotatable bonds is 1. The highest BCUT2D eigenvalue weighted by molar-refractivity contribution is 5.20. The number of aryl methyl sites for hydroxylation is 1. The predicted molar refractivity (Wildman–Crippen MR) is 34.1 cm³/mol. The van der Waals surface area contributed by atoms with Gasteiger partial charge in [0.15, 0.2) is 0 Å². The van der Waals surface area contributed by atoms with E-state index in [0.717, 1.165) is 5.69 Å². The van der Waals surface area contributed by atoms with E-state index in [4.69, 9.17) is 0 Å². The molecule has 1 aromatic heterocycles. The van der Waals surface area contributed by atoms with Crippen LogP contribution in [0.25, 0.3) is 0 Å². The third kappa shape index (κ3) is 1.35. The first kappa shape index (κ1) is 5.94. The van der Waals surface area contributed by atoms with Gasteiger partial charge in [-0.3, -0.25) is 0 Å². The molecule has 0 saturated heterocycles. The van der Waals surface area contributed by atoms with Crippen molar-refractivity contribution >= 4 is 5.95 Å². The Hall–Kier alpha value is -1.19. The number of aromatic nitrogens is 3. The van der Waals surface area contributed by atoms with Gasteiger partial charge < -0.3 is 5.32 Å². The standard InChI is InChI=1S/C5H8N4/c1-4-3-7-9-5(6-2)8-4/h3H,1-2H3,(H,6,8,9). The van der Waals surface area contributed by atoms with Crippen molar-refractivity contribution in [1.29, 1.82) is 0 Å². The number of nitrogens with one attached hydrogen (secondary N) is 1. The molecule has 4 nitrogen and oxygen atoms in total. The summed E-state index contributed by atoms with van der Waals surface area (Å²) >= 11 is 0. The second kappa shape index (κ2) is 2.39. The summed E-state index contributed by atoms with van der Waals surface area (Å²) in [4.78, 5) is 4.01. The van der Waals surface area contributed by atoms with Crippen LogP contribution in [0.5, 0.6) is 0 Å². The Labute approximate surface area is 53.3 Å². The molecule has 0 radical (unpaired) electrons. The van der Waals surface area contributed by atoms with Gasteiger partial charge in [-0.15, -0.1) is 5.10 Å². The fraction of sp³-hybridized carbons (Fsp3) is 0.400. The summed E-state index contributed by atoms with van der Waals surface area (Å²) in [7, 11) is 1.76. The predicted octanol–water partition coefficient (Wildman–Crippen LogP) is 0.222. The molecule has 0 aliphatic rings. The van der Waals surface area contributed by atoms with Crippen LogP contribution in [-0.4, -0.2) is 22.2 Å². The molecule has 48 valence electrons. The van der Waals surface area contributed by atoms with E-state index in [1.807, 2.05) is 6.92 Å². The fourth-order valence-electron chi connectivity index (χ4n) is 0.491. The van der Waals surface area contributed by atoms with Gasteiger partial charge in [0.2, 0.25) is 5.95 Å². The lowest BCUT2D eigenvalue weighted by molar-refractivity contribution is 0.944. The first-order chi connectivity index (χ1) is 4.33. The van der Waals surface area contributed by atoms with Gasteiger partial charge in [-0.1, -0.05) is 0 Å². The maximum Gasteiger partial charge on any atom is 0.242 e. The number of anilines is 1. The maximum atomic E-state index is 4.01. The monoisotopic (exact) mass is 124 g/mol. The summed E-state index contributed by atoms with van der Waals surface area (Å²) in [5.41, 5.74) is 0.870. The zero-order chi connectivity index (χ0) is 6.69. The minimum absolute atomic E-state index is 0.565. The van der Waals surface area contributed by atoms with E-state index in [0.29, 0.717) is 5.95 Å². The van der Waals surface area contributed by atoms with Crippen molar-refractivity contribution in [3.8, 4) is 0 Å². The number of hydrogen-bond donors (Lipinski definition) is 1. The van der Waals surface area contributed by atoms with Crippen molar-refractivity contribution in [2.75, 3.05) is 12.4 Å². The minimum atomic E-state index is 0.565. The molecule has 0 fully saturated rings. The highest BCUT2D eigenvalue weighted by Gasteiger charge is 1.89. The molecule has 0 aromatic carbocycles. The van der Waals surface area contributed by atoms with Crippen molar-refractivity contribution in [2.24, 2.45) is 0 Å². The largest absolute Gasteiger partial charge is 0.356 e. The summed E-state index contributed by atoms with van der Waals surface area (Å²) in [6.07, 6.45) is 1.61. The minimum Gasteiger partial charge on any atom is -0.356 e. The van der Waals surface area contributed by atoms with Crippen LogP contribution < -0.4 is 5.32 Å². The van der Waals surface area contributed by atoms with Crippen LogP contribution in [0.2, 0.25) is 0 Å². The van der Waals surface area contributed by atoms with E-state index in [1.165, 1.54) is 0 Å². The summed E-state index contributed by atoms with van der Waals surface area (Å²) in [6.45, 7) is 1.87. The van der Waals surface area contributed by atoms with E-state index in [1.54, 1.807) is 13.2 Å². The van der Waals surface area contributed by atoms with Gasteiger partial charge in [-0.25, -0.2) is 4.98 Å². The van der Waals surface area contributed by atoms with Gasteiger partial charge in [0.1, 0.15) is 0 Å². The first-order valence-corrected chi connectivity index (χ1v) is 2.67. The van der Waals surface area contributed by atoms with Crippen LogP contribution in [0.3, 0.4) is 0 Å². The normalized spacial score (nSPS) is 9.11. The number of hydrogen-bond acceptors (Lipinski definition) is 4. The Morgan fingerprint density at radius 2 is 2.33 bits per heavy atom. The summed E-state index contributed by atoms with van der Waals surface area (Å²) in [5.74, 6) is 0.565. The van der Waals surface area contributed by atoms with Crippen LogP contribution in [0.4, 0.5) is 5.95 Å². The maximum absolute atomic E-state index is 4.01. The Bertz CT molecular complexity index is 198. The first-order valence-electron chi connectivity index (χ1n) is 2.67. The third-order valence-corrected chi connectivity index (χ3v) is 0.903. The van der Waals surface area contributed by atoms with Gasteiger partial charge in [0, 0.05) is 7.05 Å². The lowest BCUT2D eigenvalue weighted by atomic mass is 10.5. The van der Waals surface area contributed by atoms with Crippen molar-refractivity contribution in [3.05, 3.63) is 11.9 Å². The number of nitrogens with zero attached hydrogens (tertiary/aromatic N) is 3. The third-order valence-electron chi connectivity index (χ3n) is 0.903. The lowest BCUT2D eigenvalue weighted by Gasteiger charge is -1.94. The SMILES string of the molecule is CNc1nncc(C)n1. The zero-order valence-corrected chi connectivity index (χ0v) is 5.42. The summed E-state index contributed by atoms with van der Waals surface area (Å²) in [6, 6.07) is 0. The van der Waals surface area contributed by atoms with Gasteiger partial charge in [0.25, 0.3) is 0 Å². The van der Waals surface area contributed by atoms with Gasteiger partial charge in [-0.05, 0) is 6.92 Å². The molecule has 9 heavy (non-hydrogen) atoms. The van der Waals surface area contributed by atoms with Gasteiger partial charge in [0.05, 0.1) is 11.9 Å². The summed E-state index contributed by atoms with van der Waals surface area (Å²) < 4.78 is 0. The Kier molecular flexibility index (Phi) is 1.58. The van der Waals surface area contributed by atoms with Crippen molar-refractivity contribution in [1.82, 2.24) is 15.2 Å². The molecule has 0 aliphatic carbocycles. The van der Waals surface area contributed by atoms with Gasteiger partial charge in [-0.2, -0.15) is 5.10 Å². The van der Waals surface area contributed by atoms with Crippen LogP contribution in [0, 0.1) is 6.92 Å². The Morgan fingerprint density at radius 3 is 2.78 bits per heavy atom. The molecule has 1 rings (SSSR count). The molecular weight excluding hydrogens is 116 g/mol. The second-order valence-electron chi connectivity index (χ2n) is 1.67. The van der Waals surface area contributed by atoms with Gasteiger partial charge >= 0.3 is 0 Å². The molecule has 0 unspecified atom stereocenters. The fourth-order valence-corrected chi connectivity index (χ4v) is 0.491. The van der Waals surface area contributed by atoms with Crippen LogP contribution in [0.1, 0.15) is 5.69 Å². The smallest absolute Gasteiger partial charge is 0.242 e. The Morgan fingerprint density at radius 1 is 1.56 bits per heavy atom. The second-order valence-corrected chi connectivity index (χ2v) is 1.67. The van der Waals surface area contributed by atoms with E-state index < -0.39 is 0 Å². The molecule has 0 bridgehead atoms. The lowest BCUT2D eigenvalue weighted by Crippen LogP contribution is -1.98. The molecule has 1 N–H and O–H groups in total.